The zero-order valence-electron chi connectivity index (χ0n) is 8.89. The number of ether oxygens (including phenoxy) is 1. The molecule has 1 aliphatic rings. The summed E-state index contributed by atoms with van der Waals surface area (Å²) >= 11 is 0. The summed E-state index contributed by atoms with van der Waals surface area (Å²) in [5.74, 6) is 2.11. The average molecular weight is 208 g/mol. The van der Waals surface area contributed by atoms with Crippen molar-refractivity contribution in [3.8, 4) is 11.5 Å². The van der Waals surface area contributed by atoms with Crippen molar-refractivity contribution in [3.63, 3.8) is 0 Å². The monoisotopic (exact) mass is 208 g/mol. The van der Waals surface area contributed by atoms with Gasteiger partial charge < -0.3 is 4.74 Å². The average Bonchev–Trinajstić information content (AvgIpc) is 2.36. The first-order chi connectivity index (χ1) is 7.90. The minimum absolute atomic E-state index is 0.237. The number of benzene rings is 2. The summed E-state index contributed by atoms with van der Waals surface area (Å²) in [6.45, 7) is 3.93. The standard InChI is InChI=1S/C15H12O/c1-2-11-12-7-3-5-9-14(12)16-15-10-6-4-8-13(11)15/h2-11H,1H2. The first-order valence-electron chi connectivity index (χ1n) is 5.38. The number of fused-ring (bicyclic) bond motifs is 2. The van der Waals surface area contributed by atoms with Gasteiger partial charge in [-0.1, -0.05) is 42.5 Å². The van der Waals surface area contributed by atoms with Gasteiger partial charge in [0.1, 0.15) is 11.5 Å². The lowest BCUT2D eigenvalue weighted by molar-refractivity contribution is 0.454. The minimum atomic E-state index is 0.237. The summed E-state index contributed by atoms with van der Waals surface area (Å²) in [6.07, 6.45) is 1.97. The van der Waals surface area contributed by atoms with Gasteiger partial charge in [-0.15, -0.1) is 6.58 Å². The quantitative estimate of drug-likeness (QED) is 0.641. The summed E-state index contributed by atoms with van der Waals surface area (Å²) in [5.41, 5.74) is 2.38. The van der Waals surface area contributed by atoms with Gasteiger partial charge in [0.25, 0.3) is 0 Å². The molecule has 0 saturated carbocycles. The number of hydrogen-bond donors (Lipinski definition) is 0. The number of hydrogen-bond acceptors (Lipinski definition) is 1. The lowest BCUT2D eigenvalue weighted by Gasteiger charge is -2.25. The van der Waals surface area contributed by atoms with E-state index in [0.717, 1.165) is 11.5 Å². The minimum Gasteiger partial charge on any atom is -0.457 e. The van der Waals surface area contributed by atoms with Gasteiger partial charge in [-0.05, 0) is 12.1 Å². The van der Waals surface area contributed by atoms with E-state index in [9.17, 15) is 0 Å². The molecular weight excluding hydrogens is 196 g/mol. The second-order valence-electron chi connectivity index (χ2n) is 3.89. The molecule has 16 heavy (non-hydrogen) atoms. The zero-order valence-corrected chi connectivity index (χ0v) is 8.89. The van der Waals surface area contributed by atoms with Crippen LogP contribution in [-0.4, -0.2) is 0 Å². The highest BCUT2D eigenvalue weighted by Crippen LogP contribution is 2.43. The van der Waals surface area contributed by atoms with Gasteiger partial charge in [-0.2, -0.15) is 0 Å². The van der Waals surface area contributed by atoms with Crippen LogP contribution in [0.15, 0.2) is 61.2 Å². The van der Waals surface area contributed by atoms with Crippen LogP contribution in [-0.2, 0) is 0 Å². The molecule has 0 atom stereocenters. The van der Waals surface area contributed by atoms with E-state index in [1.54, 1.807) is 0 Å². The van der Waals surface area contributed by atoms with Crippen LogP contribution in [0.2, 0.25) is 0 Å². The van der Waals surface area contributed by atoms with Gasteiger partial charge in [0.2, 0.25) is 0 Å². The molecule has 1 aliphatic heterocycles. The fraction of sp³-hybridized carbons (Fsp3) is 0.0667. The highest BCUT2D eigenvalue weighted by atomic mass is 16.5. The third-order valence-electron chi connectivity index (χ3n) is 2.96. The van der Waals surface area contributed by atoms with E-state index in [0.29, 0.717) is 0 Å². The fourth-order valence-corrected chi connectivity index (χ4v) is 2.20. The van der Waals surface area contributed by atoms with Gasteiger partial charge in [0.15, 0.2) is 0 Å². The molecule has 1 heterocycles. The van der Waals surface area contributed by atoms with E-state index in [-0.39, 0.29) is 5.92 Å². The molecular formula is C15H12O. The molecule has 0 unspecified atom stereocenters. The second kappa shape index (κ2) is 3.53. The molecule has 3 rings (SSSR count). The molecule has 0 radical (unpaired) electrons. The fourth-order valence-electron chi connectivity index (χ4n) is 2.20. The van der Waals surface area contributed by atoms with Crippen molar-refractivity contribution in [3.05, 3.63) is 72.3 Å². The van der Waals surface area contributed by atoms with E-state index in [4.69, 9.17) is 4.74 Å². The third-order valence-corrected chi connectivity index (χ3v) is 2.96. The van der Waals surface area contributed by atoms with Crippen LogP contribution in [0, 0.1) is 0 Å². The Bertz CT molecular complexity index is 497. The molecule has 2 aromatic carbocycles. The number of allylic oxidation sites excluding steroid dienone is 1. The molecule has 0 bridgehead atoms. The van der Waals surface area contributed by atoms with E-state index < -0.39 is 0 Å². The molecule has 1 heteroatoms. The van der Waals surface area contributed by atoms with Crippen molar-refractivity contribution in [1.82, 2.24) is 0 Å². The van der Waals surface area contributed by atoms with Crippen molar-refractivity contribution < 1.29 is 4.74 Å². The van der Waals surface area contributed by atoms with Crippen LogP contribution in [0.1, 0.15) is 17.0 Å². The van der Waals surface area contributed by atoms with E-state index in [1.807, 2.05) is 42.5 Å². The molecule has 0 aliphatic carbocycles. The molecule has 0 spiro atoms. The highest BCUT2D eigenvalue weighted by molar-refractivity contribution is 5.55. The van der Waals surface area contributed by atoms with Crippen LogP contribution < -0.4 is 4.74 Å². The smallest absolute Gasteiger partial charge is 0.131 e. The first kappa shape index (κ1) is 9.22. The van der Waals surface area contributed by atoms with Gasteiger partial charge >= 0.3 is 0 Å². The summed E-state index contributed by atoms with van der Waals surface area (Å²) in [5, 5.41) is 0. The molecule has 0 saturated heterocycles. The molecule has 0 amide bonds. The Labute approximate surface area is 95.0 Å². The van der Waals surface area contributed by atoms with Gasteiger partial charge in [0, 0.05) is 17.0 Å². The third kappa shape index (κ3) is 1.25. The van der Waals surface area contributed by atoms with Gasteiger partial charge in [-0.25, -0.2) is 0 Å². The lowest BCUT2D eigenvalue weighted by atomic mass is 9.88. The van der Waals surface area contributed by atoms with Crippen molar-refractivity contribution in [2.75, 3.05) is 0 Å². The number of para-hydroxylation sites is 2. The van der Waals surface area contributed by atoms with Crippen molar-refractivity contribution in [2.45, 2.75) is 5.92 Å². The summed E-state index contributed by atoms with van der Waals surface area (Å²) < 4.78 is 5.86. The topological polar surface area (TPSA) is 9.23 Å². The summed E-state index contributed by atoms with van der Waals surface area (Å²) in [7, 11) is 0. The predicted molar refractivity (Wildman–Crippen MR) is 65.0 cm³/mol. The molecule has 2 aromatic rings. The van der Waals surface area contributed by atoms with Crippen LogP contribution in [0.5, 0.6) is 11.5 Å². The molecule has 78 valence electrons. The Morgan fingerprint density at radius 3 is 1.88 bits per heavy atom. The van der Waals surface area contributed by atoms with Crippen LogP contribution in [0.3, 0.4) is 0 Å². The Morgan fingerprint density at radius 1 is 0.875 bits per heavy atom. The van der Waals surface area contributed by atoms with Gasteiger partial charge in [0.05, 0.1) is 0 Å². The van der Waals surface area contributed by atoms with Crippen LogP contribution in [0.25, 0.3) is 0 Å². The van der Waals surface area contributed by atoms with E-state index in [2.05, 4.69) is 18.7 Å². The first-order valence-corrected chi connectivity index (χ1v) is 5.38. The Kier molecular flexibility index (Phi) is 2.03. The van der Waals surface area contributed by atoms with E-state index >= 15 is 0 Å². The van der Waals surface area contributed by atoms with Crippen molar-refractivity contribution in [1.29, 1.82) is 0 Å². The summed E-state index contributed by atoms with van der Waals surface area (Å²) in [6, 6.07) is 16.2. The second-order valence-corrected chi connectivity index (χ2v) is 3.89. The largest absolute Gasteiger partial charge is 0.457 e. The number of rotatable bonds is 1. The molecule has 0 fully saturated rings. The summed E-state index contributed by atoms with van der Waals surface area (Å²) in [4.78, 5) is 0. The van der Waals surface area contributed by atoms with E-state index in [1.165, 1.54) is 11.1 Å². The zero-order chi connectivity index (χ0) is 11.0. The Balaban J connectivity index is 2.23. The lowest BCUT2D eigenvalue weighted by Crippen LogP contribution is -2.07. The Morgan fingerprint density at radius 2 is 1.38 bits per heavy atom. The van der Waals surface area contributed by atoms with Gasteiger partial charge in [-0.3, -0.25) is 0 Å². The van der Waals surface area contributed by atoms with Crippen molar-refractivity contribution >= 4 is 0 Å². The predicted octanol–water partition coefficient (Wildman–Crippen LogP) is 4.11. The SMILES string of the molecule is C=CC1c2ccccc2Oc2ccccc21. The van der Waals surface area contributed by atoms with Crippen LogP contribution in [0.4, 0.5) is 0 Å². The Hall–Kier alpha value is -2.02. The maximum absolute atomic E-state index is 5.86. The normalized spacial score (nSPS) is 13.5. The maximum Gasteiger partial charge on any atom is 0.131 e. The molecule has 0 N–H and O–H groups in total. The molecule has 1 nitrogen and oxygen atoms in total. The van der Waals surface area contributed by atoms with Crippen LogP contribution >= 0.6 is 0 Å². The highest BCUT2D eigenvalue weighted by Gasteiger charge is 2.23. The molecule has 0 aromatic heterocycles. The van der Waals surface area contributed by atoms with Crippen molar-refractivity contribution in [2.24, 2.45) is 0 Å². The maximum atomic E-state index is 5.86.